The van der Waals surface area contributed by atoms with E-state index in [2.05, 4.69) is 27.5 Å². The molecule has 0 aliphatic rings. The van der Waals surface area contributed by atoms with Crippen LogP contribution in [0.15, 0.2) is 73.3 Å². The van der Waals surface area contributed by atoms with Crippen LogP contribution in [-0.2, 0) is 4.79 Å². The van der Waals surface area contributed by atoms with Crippen LogP contribution in [0.5, 0.6) is 0 Å². The van der Waals surface area contributed by atoms with E-state index in [1.165, 1.54) is 6.08 Å². The molecule has 1 heterocycles. The van der Waals surface area contributed by atoms with E-state index in [0.29, 0.717) is 17.2 Å². The van der Waals surface area contributed by atoms with Crippen molar-refractivity contribution in [1.29, 1.82) is 0 Å². The molecule has 2 aromatic carbocycles. The van der Waals surface area contributed by atoms with Crippen LogP contribution in [0.3, 0.4) is 0 Å². The number of urea groups is 1. The number of para-hydroxylation sites is 1. The molecule has 6 heteroatoms. The van der Waals surface area contributed by atoms with Crippen molar-refractivity contribution in [3.63, 3.8) is 0 Å². The van der Waals surface area contributed by atoms with E-state index < -0.39 is 0 Å². The molecule has 0 bridgehead atoms. The fourth-order valence-electron chi connectivity index (χ4n) is 2.85. The van der Waals surface area contributed by atoms with Crippen molar-refractivity contribution in [2.45, 2.75) is 13.8 Å². The van der Waals surface area contributed by atoms with Gasteiger partial charge in [0.2, 0.25) is 5.91 Å². The van der Waals surface area contributed by atoms with Crippen LogP contribution in [0.25, 0.3) is 11.3 Å². The number of benzene rings is 2. The topological polar surface area (TPSA) is 83.1 Å². The SMILES string of the molecule is C=CC(=O)Nc1cccc(-c2ccc(NC(=O)Nc3c(C)cccc3C)cc2)n1. The Labute approximate surface area is 169 Å². The Hall–Kier alpha value is -3.93. The minimum atomic E-state index is -0.316. The summed E-state index contributed by atoms with van der Waals surface area (Å²) in [5.41, 5.74) is 5.05. The van der Waals surface area contributed by atoms with E-state index >= 15 is 0 Å². The van der Waals surface area contributed by atoms with Gasteiger partial charge in [0.1, 0.15) is 5.82 Å². The lowest BCUT2D eigenvalue weighted by Crippen LogP contribution is -2.20. The van der Waals surface area contributed by atoms with E-state index in [1.807, 2.05) is 56.3 Å². The van der Waals surface area contributed by atoms with Gasteiger partial charge in [0, 0.05) is 16.9 Å². The molecule has 0 aliphatic carbocycles. The van der Waals surface area contributed by atoms with Gasteiger partial charge in [-0.05, 0) is 55.3 Å². The highest BCUT2D eigenvalue weighted by Gasteiger charge is 2.08. The molecule has 0 aliphatic heterocycles. The molecule has 0 atom stereocenters. The van der Waals surface area contributed by atoms with E-state index in [0.717, 1.165) is 22.4 Å². The third-order valence-corrected chi connectivity index (χ3v) is 4.34. The zero-order chi connectivity index (χ0) is 20.8. The Morgan fingerprint density at radius 2 is 1.52 bits per heavy atom. The predicted molar refractivity (Wildman–Crippen MR) is 117 cm³/mol. The summed E-state index contributed by atoms with van der Waals surface area (Å²) < 4.78 is 0. The molecule has 3 N–H and O–H groups in total. The highest BCUT2D eigenvalue weighted by molar-refractivity contribution is 6.01. The molecular formula is C23H22N4O2. The number of pyridine rings is 1. The minimum Gasteiger partial charge on any atom is -0.308 e. The van der Waals surface area contributed by atoms with Crippen LogP contribution >= 0.6 is 0 Å². The van der Waals surface area contributed by atoms with Gasteiger partial charge in [0.05, 0.1) is 5.69 Å². The third kappa shape index (κ3) is 5.07. The largest absolute Gasteiger partial charge is 0.323 e. The number of aromatic nitrogens is 1. The molecule has 0 saturated carbocycles. The zero-order valence-corrected chi connectivity index (χ0v) is 16.3. The van der Waals surface area contributed by atoms with Gasteiger partial charge in [-0.3, -0.25) is 4.79 Å². The van der Waals surface area contributed by atoms with Gasteiger partial charge in [-0.1, -0.05) is 43.0 Å². The maximum Gasteiger partial charge on any atom is 0.323 e. The molecule has 0 unspecified atom stereocenters. The lowest BCUT2D eigenvalue weighted by molar-refractivity contribution is -0.111. The summed E-state index contributed by atoms with van der Waals surface area (Å²) in [6.45, 7) is 7.34. The number of carbonyl (C=O) groups excluding carboxylic acids is 2. The molecule has 0 radical (unpaired) electrons. The number of rotatable bonds is 5. The van der Waals surface area contributed by atoms with Crippen molar-refractivity contribution >= 4 is 29.1 Å². The number of nitrogens with one attached hydrogen (secondary N) is 3. The van der Waals surface area contributed by atoms with Crippen molar-refractivity contribution < 1.29 is 9.59 Å². The van der Waals surface area contributed by atoms with Crippen LogP contribution in [0.2, 0.25) is 0 Å². The molecular weight excluding hydrogens is 364 g/mol. The number of anilines is 3. The highest BCUT2D eigenvalue weighted by Crippen LogP contribution is 2.22. The van der Waals surface area contributed by atoms with Gasteiger partial charge < -0.3 is 16.0 Å². The van der Waals surface area contributed by atoms with E-state index in [1.54, 1.807) is 18.2 Å². The summed E-state index contributed by atoms with van der Waals surface area (Å²) in [5, 5.41) is 8.36. The summed E-state index contributed by atoms with van der Waals surface area (Å²) >= 11 is 0. The molecule has 0 saturated heterocycles. The molecule has 0 fully saturated rings. The first-order valence-corrected chi connectivity index (χ1v) is 9.11. The van der Waals surface area contributed by atoms with Crippen molar-refractivity contribution in [2.24, 2.45) is 0 Å². The predicted octanol–water partition coefficient (Wildman–Crippen LogP) is 5.13. The lowest BCUT2D eigenvalue weighted by atomic mass is 10.1. The Morgan fingerprint density at radius 1 is 0.862 bits per heavy atom. The molecule has 3 rings (SSSR count). The van der Waals surface area contributed by atoms with Crippen LogP contribution in [0.4, 0.5) is 22.0 Å². The molecule has 6 nitrogen and oxygen atoms in total. The number of nitrogens with zero attached hydrogens (tertiary/aromatic N) is 1. The zero-order valence-electron chi connectivity index (χ0n) is 16.3. The number of aryl methyl sites for hydroxylation is 2. The Morgan fingerprint density at radius 3 is 2.17 bits per heavy atom. The fourth-order valence-corrected chi connectivity index (χ4v) is 2.85. The summed E-state index contributed by atoms with van der Waals surface area (Å²) in [4.78, 5) is 28.2. The molecule has 1 aromatic heterocycles. The monoisotopic (exact) mass is 386 g/mol. The van der Waals surface area contributed by atoms with Gasteiger partial charge in [-0.25, -0.2) is 9.78 Å². The van der Waals surface area contributed by atoms with Crippen LogP contribution in [0.1, 0.15) is 11.1 Å². The van der Waals surface area contributed by atoms with E-state index in [-0.39, 0.29) is 11.9 Å². The highest BCUT2D eigenvalue weighted by atomic mass is 16.2. The third-order valence-electron chi connectivity index (χ3n) is 4.34. The van der Waals surface area contributed by atoms with Gasteiger partial charge in [-0.2, -0.15) is 0 Å². The first-order chi connectivity index (χ1) is 14.0. The van der Waals surface area contributed by atoms with Crippen molar-refractivity contribution in [2.75, 3.05) is 16.0 Å². The van der Waals surface area contributed by atoms with Crippen molar-refractivity contribution in [3.8, 4) is 11.3 Å². The van der Waals surface area contributed by atoms with Crippen molar-refractivity contribution in [3.05, 3.63) is 84.4 Å². The average Bonchev–Trinajstić information content (AvgIpc) is 2.71. The quantitative estimate of drug-likeness (QED) is 0.531. The van der Waals surface area contributed by atoms with Crippen molar-refractivity contribution in [1.82, 2.24) is 4.98 Å². The molecule has 29 heavy (non-hydrogen) atoms. The average molecular weight is 386 g/mol. The van der Waals surface area contributed by atoms with Crippen LogP contribution in [0, 0.1) is 13.8 Å². The Balaban J connectivity index is 1.69. The number of hydrogen-bond donors (Lipinski definition) is 3. The molecule has 3 amide bonds. The minimum absolute atomic E-state index is 0.303. The second kappa shape index (κ2) is 8.84. The maximum absolute atomic E-state index is 12.3. The number of hydrogen-bond acceptors (Lipinski definition) is 3. The summed E-state index contributed by atoms with van der Waals surface area (Å²) in [6.07, 6.45) is 1.19. The van der Waals surface area contributed by atoms with Gasteiger partial charge in [-0.15, -0.1) is 0 Å². The summed E-state index contributed by atoms with van der Waals surface area (Å²) in [5.74, 6) is 0.131. The van der Waals surface area contributed by atoms with Gasteiger partial charge in [0.25, 0.3) is 0 Å². The fraction of sp³-hybridized carbons (Fsp3) is 0.0870. The lowest BCUT2D eigenvalue weighted by Gasteiger charge is -2.12. The number of carbonyl (C=O) groups is 2. The Bertz CT molecular complexity index is 1040. The molecule has 3 aromatic rings. The smallest absolute Gasteiger partial charge is 0.308 e. The van der Waals surface area contributed by atoms with E-state index in [4.69, 9.17) is 0 Å². The number of amides is 3. The second-order valence-electron chi connectivity index (χ2n) is 6.52. The summed E-state index contributed by atoms with van der Waals surface area (Å²) in [6, 6.07) is 18.2. The van der Waals surface area contributed by atoms with Crippen LogP contribution in [-0.4, -0.2) is 16.9 Å². The standard InChI is InChI=1S/C23H22N4O2/c1-4-21(28)26-20-10-6-9-19(25-20)17-11-13-18(14-12-17)24-23(29)27-22-15(2)7-5-8-16(22)3/h4-14H,1H2,2-3H3,(H2,24,27,29)(H,25,26,28). The second-order valence-corrected chi connectivity index (χ2v) is 6.52. The van der Waals surface area contributed by atoms with Gasteiger partial charge >= 0.3 is 6.03 Å². The first kappa shape index (κ1) is 19.8. The van der Waals surface area contributed by atoms with E-state index in [9.17, 15) is 9.59 Å². The normalized spacial score (nSPS) is 10.1. The van der Waals surface area contributed by atoms with Crippen LogP contribution < -0.4 is 16.0 Å². The maximum atomic E-state index is 12.3. The Kier molecular flexibility index (Phi) is 6.04. The first-order valence-electron chi connectivity index (χ1n) is 9.11. The summed E-state index contributed by atoms with van der Waals surface area (Å²) in [7, 11) is 0. The molecule has 0 spiro atoms. The van der Waals surface area contributed by atoms with Gasteiger partial charge in [0.15, 0.2) is 0 Å². The molecule has 146 valence electrons.